The Hall–Kier alpha value is -1.62. The minimum absolute atomic E-state index is 0.317. The third-order valence-electron chi connectivity index (χ3n) is 2.20. The molecule has 0 fully saturated rings. The first kappa shape index (κ1) is 11.9. The van der Waals surface area contributed by atoms with Crippen LogP contribution in [0.1, 0.15) is 13.3 Å². The van der Waals surface area contributed by atoms with E-state index in [-0.39, 0.29) is 5.82 Å². The molecule has 0 aliphatic carbocycles. The van der Waals surface area contributed by atoms with Crippen molar-refractivity contribution in [2.24, 2.45) is 0 Å². The van der Waals surface area contributed by atoms with Gasteiger partial charge in [0.05, 0.1) is 11.5 Å². The number of hydrogen-bond acceptors (Lipinski definition) is 4. The van der Waals surface area contributed by atoms with Crippen molar-refractivity contribution in [1.29, 1.82) is 0 Å². The fourth-order valence-corrected chi connectivity index (χ4v) is 2.13. The molecule has 1 aromatic heterocycles. The molecule has 0 saturated heterocycles. The van der Waals surface area contributed by atoms with Gasteiger partial charge in [0.2, 0.25) is 0 Å². The average Bonchev–Trinajstić information content (AvgIpc) is 2.73. The number of nitrogen functional groups attached to an aromatic ring is 1. The number of halogens is 1. The third kappa shape index (κ3) is 2.74. The zero-order valence-electron chi connectivity index (χ0n) is 9.44. The van der Waals surface area contributed by atoms with Crippen LogP contribution in [0.4, 0.5) is 9.52 Å². The van der Waals surface area contributed by atoms with Crippen molar-refractivity contribution in [3.8, 4) is 16.2 Å². The summed E-state index contributed by atoms with van der Waals surface area (Å²) < 4.78 is 19.2. The number of anilines is 1. The molecular formula is C12H13FN2OS. The van der Waals surface area contributed by atoms with E-state index in [9.17, 15) is 4.39 Å². The maximum Gasteiger partial charge on any atom is 0.180 e. The first-order valence-corrected chi connectivity index (χ1v) is 6.16. The van der Waals surface area contributed by atoms with E-state index in [2.05, 4.69) is 4.98 Å². The summed E-state index contributed by atoms with van der Waals surface area (Å²) >= 11 is 1.26. The zero-order valence-corrected chi connectivity index (χ0v) is 10.3. The van der Waals surface area contributed by atoms with E-state index in [1.54, 1.807) is 18.3 Å². The molecule has 0 spiro atoms. The number of hydrogen-bond donors (Lipinski definition) is 1. The highest BCUT2D eigenvalue weighted by Gasteiger charge is 2.09. The molecule has 1 aromatic carbocycles. The van der Waals surface area contributed by atoms with Gasteiger partial charge in [-0.2, -0.15) is 0 Å². The number of thiazole rings is 1. The molecule has 2 rings (SSSR count). The van der Waals surface area contributed by atoms with Crippen LogP contribution in [0.2, 0.25) is 0 Å². The number of rotatable bonds is 4. The van der Waals surface area contributed by atoms with Crippen LogP contribution in [0, 0.1) is 5.82 Å². The normalized spacial score (nSPS) is 10.5. The molecule has 3 nitrogen and oxygen atoms in total. The van der Waals surface area contributed by atoms with E-state index in [0.717, 1.165) is 11.3 Å². The summed E-state index contributed by atoms with van der Waals surface area (Å²) in [4.78, 5) is 4.63. The minimum atomic E-state index is -0.317. The summed E-state index contributed by atoms with van der Waals surface area (Å²) in [5.74, 6) is 0.229. The Morgan fingerprint density at radius 1 is 1.47 bits per heavy atom. The van der Waals surface area contributed by atoms with Gasteiger partial charge < -0.3 is 10.5 Å². The molecular weight excluding hydrogens is 239 g/mol. The number of nitrogens with zero attached hydrogens (tertiary/aromatic N) is 1. The Kier molecular flexibility index (Phi) is 3.58. The van der Waals surface area contributed by atoms with Crippen molar-refractivity contribution in [2.75, 3.05) is 12.3 Å². The summed E-state index contributed by atoms with van der Waals surface area (Å²) in [5.41, 5.74) is 6.02. The summed E-state index contributed by atoms with van der Waals surface area (Å²) in [6.45, 7) is 2.59. The van der Waals surface area contributed by atoms with Crippen molar-refractivity contribution in [2.45, 2.75) is 13.3 Å². The first-order chi connectivity index (χ1) is 8.20. The summed E-state index contributed by atoms with van der Waals surface area (Å²) in [5, 5.41) is 0.436. The van der Waals surface area contributed by atoms with Gasteiger partial charge in [0.25, 0.3) is 0 Å². The maximum absolute atomic E-state index is 13.8. The monoisotopic (exact) mass is 252 g/mol. The lowest BCUT2D eigenvalue weighted by Gasteiger charge is -2.06. The van der Waals surface area contributed by atoms with Gasteiger partial charge in [0.15, 0.2) is 5.13 Å². The van der Waals surface area contributed by atoms with Gasteiger partial charge in [0.1, 0.15) is 11.6 Å². The van der Waals surface area contributed by atoms with Crippen LogP contribution in [0.5, 0.6) is 5.75 Å². The van der Waals surface area contributed by atoms with E-state index >= 15 is 0 Å². The van der Waals surface area contributed by atoms with E-state index in [1.807, 2.05) is 6.92 Å². The van der Waals surface area contributed by atoms with Crippen LogP contribution >= 0.6 is 11.3 Å². The molecule has 5 heteroatoms. The minimum Gasteiger partial charge on any atom is -0.494 e. The molecule has 0 unspecified atom stereocenters. The average molecular weight is 252 g/mol. The van der Waals surface area contributed by atoms with Crippen LogP contribution in [-0.4, -0.2) is 11.6 Å². The number of aromatic nitrogens is 1. The van der Waals surface area contributed by atoms with Crippen LogP contribution < -0.4 is 10.5 Å². The molecule has 0 atom stereocenters. The molecule has 2 N–H and O–H groups in total. The Bertz CT molecular complexity index is 513. The second kappa shape index (κ2) is 5.14. The molecule has 17 heavy (non-hydrogen) atoms. The highest BCUT2D eigenvalue weighted by molar-refractivity contribution is 7.18. The van der Waals surface area contributed by atoms with Crippen molar-refractivity contribution < 1.29 is 9.13 Å². The highest BCUT2D eigenvalue weighted by atomic mass is 32.1. The van der Waals surface area contributed by atoms with Crippen LogP contribution in [0.25, 0.3) is 10.4 Å². The molecule has 0 radical (unpaired) electrons. The van der Waals surface area contributed by atoms with E-state index in [0.29, 0.717) is 23.1 Å². The Labute approximate surface area is 103 Å². The standard InChI is InChI=1S/C12H13FN2OS/c1-2-5-16-8-3-4-9(10(13)6-8)11-7-15-12(14)17-11/h3-4,6-7H,2,5H2,1H3,(H2,14,15). The lowest BCUT2D eigenvalue weighted by molar-refractivity contribution is 0.316. The fourth-order valence-electron chi connectivity index (χ4n) is 1.42. The van der Waals surface area contributed by atoms with Gasteiger partial charge in [-0.05, 0) is 18.6 Å². The van der Waals surface area contributed by atoms with Gasteiger partial charge >= 0.3 is 0 Å². The van der Waals surface area contributed by atoms with Gasteiger partial charge in [-0.15, -0.1) is 0 Å². The predicted octanol–water partition coefficient (Wildman–Crippen LogP) is 3.32. The SMILES string of the molecule is CCCOc1ccc(-c2cnc(N)s2)c(F)c1. The second-order valence-electron chi connectivity index (χ2n) is 3.55. The summed E-state index contributed by atoms with van der Waals surface area (Å²) in [6, 6.07) is 4.83. The number of ether oxygens (including phenoxy) is 1. The quantitative estimate of drug-likeness (QED) is 0.908. The van der Waals surface area contributed by atoms with Gasteiger partial charge in [-0.25, -0.2) is 9.37 Å². The van der Waals surface area contributed by atoms with E-state index in [4.69, 9.17) is 10.5 Å². The lowest BCUT2D eigenvalue weighted by atomic mass is 10.2. The Morgan fingerprint density at radius 3 is 2.88 bits per heavy atom. The molecule has 0 amide bonds. The highest BCUT2D eigenvalue weighted by Crippen LogP contribution is 2.31. The lowest BCUT2D eigenvalue weighted by Crippen LogP contribution is -1.95. The second-order valence-corrected chi connectivity index (χ2v) is 4.62. The maximum atomic E-state index is 13.8. The molecule has 0 aliphatic rings. The molecule has 0 bridgehead atoms. The Morgan fingerprint density at radius 2 is 2.29 bits per heavy atom. The largest absolute Gasteiger partial charge is 0.494 e. The summed E-state index contributed by atoms with van der Waals surface area (Å²) in [7, 11) is 0. The van der Waals surface area contributed by atoms with Crippen molar-refractivity contribution in [3.05, 3.63) is 30.2 Å². The van der Waals surface area contributed by atoms with E-state index in [1.165, 1.54) is 17.4 Å². The van der Waals surface area contributed by atoms with Crippen molar-refractivity contribution in [1.82, 2.24) is 4.98 Å². The molecule has 1 heterocycles. The van der Waals surface area contributed by atoms with Gasteiger partial charge in [-0.1, -0.05) is 18.3 Å². The molecule has 90 valence electrons. The summed E-state index contributed by atoms with van der Waals surface area (Å²) in [6.07, 6.45) is 2.47. The zero-order chi connectivity index (χ0) is 12.3. The van der Waals surface area contributed by atoms with Crippen LogP contribution in [-0.2, 0) is 0 Å². The van der Waals surface area contributed by atoms with Gasteiger partial charge in [0, 0.05) is 17.8 Å². The van der Waals surface area contributed by atoms with Crippen molar-refractivity contribution >= 4 is 16.5 Å². The Balaban J connectivity index is 2.25. The third-order valence-corrected chi connectivity index (χ3v) is 3.06. The molecule has 0 aliphatic heterocycles. The fraction of sp³-hybridized carbons (Fsp3) is 0.250. The van der Waals surface area contributed by atoms with Gasteiger partial charge in [-0.3, -0.25) is 0 Å². The predicted molar refractivity (Wildman–Crippen MR) is 67.7 cm³/mol. The van der Waals surface area contributed by atoms with E-state index < -0.39 is 0 Å². The first-order valence-electron chi connectivity index (χ1n) is 5.34. The topological polar surface area (TPSA) is 48.1 Å². The van der Waals surface area contributed by atoms with Crippen LogP contribution in [0.15, 0.2) is 24.4 Å². The molecule has 0 saturated carbocycles. The molecule has 2 aromatic rings. The van der Waals surface area contributed by atoms with Crippen LogP contribution in [0.3, 0.4) is 0 Å². The number of nitrogens with two attached hydrogens (primary N) is 1. The smallest absolute Gasteiger partial charge is 0.180 e. The number of benzene rings is 1. The van der Waals surface area contributed by atoms with Crippen molar-refractivity contribution in [3.63, 3.8) is 0 Å².